The van der Waals surface area contributed by atoms with Crippen molar-refractivity contribution in [3.8, 4) is 0 Å². The highest BCUT2D eigenvalue weighted by atomic mass is 16.5. The zero-order chi connectivity index (χ0) is 17.7. The second-order valence-electron chi connectivity index (χ2n) is 8.43. The molecule has 2 saturated carbocycles. The number of H-pyrrole nitrogens is 1. The molecule has 3 atom stereocenters. The summed E-state index contributed by atoms with van der Waals surface area (Å²) in [4.78, 5) is 25.7. The highest BCUT2D eigenvalue weighted by molar-refractivity contribution is 5.74. The number of ether oxygens (including phenoxy) is 1. The lowest BCUT2D eigenvalue weighted by Crippen LogP contribution is -2.64. The van der Waals surface area contributed by atoms with Gasteiger partial charge >= 0.3 is 6.03 Å². The fraction of sp³-hybridized carbons (Fsp3) is 0.722. The topological polar surface area (TPSA) is 87.3 Å². The predicted octanol–water partition coefficient (Wildman–Crippen LogP) is 1.65. The van der Waals surface area contributed by atoms with Crippen LogP contribution in [0, 0.1) is 11.8 Å². The number of urea groups is 1. The van der Waals surface area contributed by atoms with Gasteiger partial charge in [-0.05, 0) is 57.4 Å². The van der Waals surface area contributed by atoms with Gasteiger partial charge in [-0.3, -0.25) is 4.79 Å². The van der Waals surface area contributed by atoms with Crippen molar-refractivity contribution in [2.45, 2.75) is 57.3 Å². The SMILES string of the molecule is CC1(C)CN(C(=O)NCc2ccc(=O)[nH]n2)C[C@]2(C[C@@H]3CC[C@H]2C3)O1. The highest BCUT2D eigenvalue weighted by Crippen LogP contribution is 2.55. The smallest absolute Gasteiger partial charge is 0.317 e. The maximum absolute atomic E-state index is 12.7. The van der Waals surface area contributed by atoms with Crippen molar-refractivity contribution in [3.05, 3.63) is 28.2 Å². The van der Waals surface area contributed by atoms with Crippen LogP contribution in [0.15, 0.2) is 16.9 Å². The van der Waals surface area contributed by atoms with E-state index in [1.807, 2.05) is 4.90 Å². The van der Waals surface area contributed by atoms with Gasteiger partial charge in [-0.15, -0.1) is 0 Å². The predicted molar refractivity (Wildman–Crippen MR) is 92.0 cm³/mol. The Morgan fingerprint density at radius 2 is 2.24 bits per heavy atom. The number of carbonyl (C=O) groups excluding carboxylic acids is 1. The van der Waals surface area contributed by atoms with Gasteiger partial charge in [0.15, 0.2) is 0 Å². The molecule has 3 fully saturated rings. The minimum atomic E-state index is -0.337. The van der Waals surface area contributed by atoms with Crippen LogP contribution >= 0.6 is 0 Å². The number of nitrogens with one attached hydrogen (secondary N) is 2. The summed E-state index contributed by atoms with van der Waals surface area (Å²) < 4.78 is 6.54. The molecule has 1 spiro atoms. The number of rotatable bonds is 2. The van der Waals surface area contributed by atoms with Crippen LogP contribution in [0.4, 0.5) is 4.79 Å². The van der Waals surface area contributed by atoms with Crippen molar-refractivity contribution < 1.29 is 9.53 Å². The maximum atomic E-state index is 12.7. The lowest BCUT2D eigenvalue weighted by atomic mass is 9.81. The monoisotopic (exact) mass is 346 g/mol. The van der Waals surface area contributed by atoms with Gasteiger partial charge in [-0.25, -0.2) is 9.89 Å². The zero-order valence-corrected chi connectivity index (χ0v) is 14.9. The van der Waals surface area contributed by atoms with Crippen LogP contribution in [0.5, 0.6) is 0 Å². The minimum absolute atomic E-state index is 0.0912. The quantitative estimate of drug-likeness (QED) is 0.852. The molecular formula is C18H26N4O3. The number of morpholine rings is 1. The molecule has 2 amide bonds. The van der Waals surface area contributed by atoms with Crippen molar-refractivity contribution in [2.24, 2.45) is 11.8 Å². The van der Waals surface area contributed by atoms with Crippen LogP contribution in [0.3, 0.4) is 0 Å². The average Bonchev–Trinajstić information content (AvgIpc) is 3.13. The summed E-state index contributed by atoms with van der Waals surface area (Å²) in [6.45, 7) is 5.69. The summed E-state index contributed by atoms with van der Waals surface area (Å²) in [5.74, 6) is 1.34. The summed E-state index contributed by atoms with van der Waals surface area (Å²) in [7, 11) is 0. The Kier molecular flexibility index (Phi) is 3.86. The summed E-state index contributed by atoms with van der Waals surface area (Å²) in [5.41, 5.74) is -0.118. The van der Waals surface area contributed by atoms with E-state index in [0.29, 0.717) is 31.2 Å². The molecule has 2 heterocycles. The first-order chi connectivity index (χ1) is 11.9. The molecule has 0 radical (unpaired) electrons. The number of hydrogen-bond acceptors (Lipinski definition) is 4. The molecule has 7 heteroatoms. The Bertz CT molecular complexity index is 711. The van der Waals surface area contributed by atoms with E-state index in [1.165, 1.54) is 25.3 Å². The number of amides is 2. The van der Waals surface area contributed by atoms with Crippen LogP contribution < -0.4 is 10.9 Å². The Balaban J connectivity index is 1.44. The molecule has 2 N–H and O–H groups in total. The Hall–Kier alpha value is -1.89. The molecule has 2 aliphatic carbocycles. The second kappa shape index (κ2) is 5.83. The third kappa shape index (κ3) is 3.17. The molecule has 1 aromatic heterocycles. The Labute approximate surface area is 147 Å². The lowest BCUT2D eigenvalue weighted by Gasteiger charge is -2.52. The van der Waals surface area contributed by atoms with Crippen molar-refractivity contribution >= 4 is 6.03 Å². The summed E-state index contributed by atoms with van der Waals surface area (Å²) in [6.07, 6.45) is 4.84. The molecule has 1 aliphatic heterocycles. The minimum Gasteiger partial charge on any atom is -0.365 e. The fourth-order valence-electron chi connectivity index (χ4n) is 5.06. The van der Waals surface area contributed by atoms with E-state index in [-0.39, 0.29) is 22.8 Å². The summed E-state index contributed by atoms with van der Waals surface area (Å²) in [6, 6.07) is 2.95. The van der Waals surface area contributed by atoms with Crippen molar-refractivity contribution in [3.63, 3.8) is 0 Å². The average molecular weight is 346 g/mol. The molecule has 3 aliphatic rings. The Morgan fingerprint density at radius 1 is 1.40 bits per heavy atom. The number of aromatic nitrogens is 2. The molecule has 0 unspecified atom stereocenters. The van der Waals surface area contributed by atoms with Gasteiger partial charge < -0.3 is 15.0 Å². The van der Waals surface area contributed by atoms with Crippen LogP contribution in [0.2, 0.25) is 0 Å². The van der Waals surface area contributed by atoms with Crippen molar-refractivity contribution in [1.29, 1.82) is 0 Å². The van der Waals surface area contributed by atoms with E-state index in [0.717, 1.165) is 12.3 Å². The number of fused-ring (bicyclic) bond motifs is 3. The molecule has 136 valence electrons. The van der Waals surface area contributed by atoms with E-state index in [9.17, 15) is 9.59 Å². The van der Waals surface area contributed by atoms with Crippen LogP contribution in [-0.2, 0) is 11.3 Å². The molecule has 1 aromatic rings. The molecule has 1 saturated heterocycles. The molecular weight excluding hydrogens is 320 g/mol. The van der Waals surface area contributed by atoms with Gasteiger partial charge in [0.2, 0.25) is 0 Å². The van der Waals surface area contributed by atoms with Crippen molar-refractivity contribution in [1.82, 2.24) is 20.4 Å². The standard InChI is InChI=1S/C18H26N4O3/c1-17(2)10-22(11-18(25-17)8-12-3-4-13(18)7-12)16(24)19-9-14-5-6-15(23)21-20-14/h5-6,12-13H,3-4,7-11H2,1-2H3,(H,19,24)(H,21,23)/t12-,13+,18+/m1/s1. The first-order valence-electron chi connectivity index (χ1n) is 9.13. The molecule has 2 bridgehead atoms. The Morgan fingerprint density at radius 3 is 2.88 bits per heavy atom. The third-order valence-corrected chi connectivity index (χ3v) is 5.87. The highest BCUT2D eigenvalue weighted by Gasteiger charge is 2.57. The number of nitrogens with zero attached hydrogens (tertiary/aromatic N) is 2. The largest absolute Gasteiger partial charge is 0.365 e. The number of aromatic amines is 1. The van der Waals surface area contributed by atoms with E-state index >= 15 is 0 Å². The van der Waals surface area contributed by atoms with Gasteiger partial charge in [-0.1, -0.05) is 0 Å². The van der Waals surface area contributed by atoms with E-state index < -0.39 is 0 Å². The van der Waals surface area contributed by atoms with Crippen molar-refractivity contribution in [2.75, 3.05) is 13.1 Å². The van der Waals surface area contributed by atoms with Gasteiger partial charge in [-0.2, -0.15) is 5.10 Å². The van der Waals surface area contributed by atoms with Gasteiger partial charge in [0.25, 0.3) is 5.56 Å². The summed E-state index contributed by atoms with van der Waals surface area (Å²) in [5, 5.41) is 9.24. The molecule has 7 nitrogen and oxygen atoms in total. The lowest BCUT2D eigenvalue weighted by molar-refractivity contribution is -0.208. The van der Waals surface area contributed by atoms with Crippen LogP contribution in [0.1, 0.15) is 45.2 Å². The second-order valence-corrected chi connectivity index (χ2v) is 8.43. The van der Waals surface area contributed by atoms with E-state index in [1.54, 1.807) is 6.07 Å². The van der Waals surface area contributed by atoms with E-state index in [4.69, 9.17) is 4.74 Å². The number of carbonyl (C=O) groups is 1. The third-order valence-electron chi connectivity index (χ3n) is 5.87. The number of hydrogen-bond donors (Lipinski definition) is 2. The first-order valence-corrected chi connectivity index (χ1v) is 9.13. The van der Waals surface area contributed by atoms with Crippen LogP contribution in [-0.4, -0.2) is 45.4 Å². The van der Waals surface area contributed by atoms with Gasteiger partial charge in [0.05, 0.1) is 36.5 Å². The normalized spacial score (nSPS) is 33.0. The maximum Gasteiger partial charge on any atom is 0.317 e. The molecule has 0 aromatic carbocycles. The van der Waals surface area contributed by atoms with Gasteiger partial charge in [0.1, 0.15) is 0 Å². The molecule has 4 rings (SSSR count). The van der Waals surface area contributed by atoms with Crippen LogP contribution in [0.25, 0.3) is 0 Å². The first kappa shape index (κ1) is 16.6. The summed E-state index contributed by atoms with van der Waals surface area (Å²) >= 11 is 0. The van der Waals surface area contributed by atoms with E-state index in [2.05, 4.69) is 29.4 Å². The fourth-order valence-corrected chi connectivity index (χ4v) is 5.06. The van der Waals surface area contributed by atoms with Gasteiger partial charge in [0, 0.05) is 6.07 Å². The zero-order valence-electron chi connectivity index (χ0n) is 14.9. The molecule has 25 heavy (non-hydrogen) atoms.